The fourth-order valence-corrected chi connectivity index (χ4v) is 4.61. The lowest BCUT2D eigenvalue weighted by molar-refractivity contribution is -0.142. The van der Waals surface area contributed by atoms with Gasteiger partial charge in [-0.05, 0) is 37.5 Å². The Kier molecular flexibility index (Phi) is 12.6. The summed E-state index contributed by atoms with van der Waals surface area (Å²) in [5.74, 6) is -0.428. The molecule has 0 rings (SSSR count). The highest BCUT2D eigenvalue weighted by Crippen LogP contribution is 2.56. The molecule has 4 N–H and O–H groups in total. The SMILES string of the molecule is CCCCC(CCCC)(CCC(N)=O)C(CCCC)(CCCC)C(N)=O. The molecular formula is C22H44N2O2. The molecular weight excluding hydrogens is 324 g/mol. The van der Waals surface area contributed by atoms with E-state index in [-0.39, 0.29) is 17.2 Å². The van der Waals surface area contributed by atoms with Crippen molar-refractivity contribution in [2.24, 2.45) is 22.3 Å². The van der Waals surface area contributed by atoms with Crippen LogP contribution in [0, 0.1) is 10.8 Å². The minimum Gasteiger partial charge on any atom is -0.370 e. The van der Waals surface area contributed by atoms with Gasteiger partial charge in [0.25, 0.3) is 0 Å². The lowest BCUT2D eigenvalue weighted by atomic mass is 9.53. The van der Waals surface area contributed by atoms with Crippen molar-refractivity contribution in [3.8, 4) is 0 Å². The van der Waals surface area contributed by atoms with Crippen LogP contribution < -0.4 is 11.5 Å². The molecule has 2 amide bonds. The number of rotatable bonds is 17. The third-order valence-electron chi connectivity index (χ3n) is 6.27. The average Bonchev–Trinajstić information content (AvgIpc) is 2.61. The molecule has 0 spiro atoms. The normalized spacial score (nSPS) is 12.3. The topological polar surface area (TPSA) is 86.2 Å². The third kappa shape index (κ3) is 6.92. The second kappa shape index (κ2) is 13.2. The summed E-state index contributed by atoms with van der Waals surface area (Å²) in [6, 6.07) is 0. The van der Waals surface area contributed by atoms with Gasteiger partial charge in [-0.25, -0.2) is 0 Å². The Morgan fingerprint density at radius 1 is 0.654 bits per heavy atom. The van der Waals surface area contributed by atoms with Crippen molar-refractivity contribution in [1.29, 1.82) is 0 Å². The number of unbranched alkanes of at least 4 members (excludes halogenated alkanes) is 4. The molecule has 0 saturated heterocycles. The van der Waals surface area contributed by atoms with Crippen LogP contribution in [0.1, 0.15) is 118 Å². The molecule has 0 atom stereocenters. The van der Waals surface area contributed by atoms with E-state index in [1.807, 2.05) is 0 Å². The summed E-state index contributed by atoms with van der Waals surface area (Å²) in [5, 5.41) is 0. The van der Waals surface area contributed by atoms with Gasteiger partial charge in [0, 0.05) is 6.42 Å². The summed E-state index contributed by atoms with van der Waals surface area (Å²) >= 11 is 0. The maximum absolute atomic E-state index is 13.0. The van der Waals surface area contributed by atoms with E-state index in [0.717, 1.165) is 77.0 Å². The Balaban J connectivity index is 6.15. The molecule has 4 nitrogen and oxygen atoms in total. The smallest absolute Gasteiger partial charge is 0.224 e. The maximum atomic E-state index is 13.0. The number of hydrogen-bond acceptors (Lipinski definition) is 2. The summed E-state index contributed by atoms with van der Waals surface area (Å²) in [7, 11) is 0. The van der Waals surface area contributed by atoms with Gasteiger partial charge in [-0.2, -0.15) is 0 Å². The van der Waals surface area contributed by atoms with E-state index in [2.05, 4.69) is 27.7 Å². The molecule has 0 aliphatic rings. The van der Waals surface area contributed by atoms with Crippen LogP contribution in [0.25, 0.3) is 0 Å². The first-order chi connectivity index (χ1) is 12.4. The lowest BCUT2D eigenvalue weighted by Gasteiger charge is -2.50. The van der Waals surface area contributed by atoms with Crippen LogP contribution in [-0.2, 0) is 9.59 Å². The predicted octanol–water partition coefficient (Wildman–Crippen LogP) is 5.47. The molecule has 0 aromatic carbocycles. The summed E-state index contributed by atoms with van der Waals surface area (Å²) < 4.78 is 0. The zero-order valence-corrected chi connectivity index (χ0v) is 17.9. The van der Waals surface area contributed by atoms with Gasteiger partial charge in [0.15, 0.2) is 0 Å². The van der Waals surface area contributed by atoms with E-state index >= 15 is 0 Å². The number of carbonyl (C=O) groups excluding carboxylic acids is 2. The van der Waals surface area contributed by atoms with E-state index in [0.29, 0.717) is 12.8 Å². The van der Waals surface area contributed by atoms with Crippen molar-refractivity contribution in [3.05, 3.63) is 0 Å². The minimum atomic E-state index is -0.515. The number of hydrogen-bond donors (Lipinski definition) is 2. The minimum absolute atomic E-state index is 0.156. The highest BCUT2D eigenvalue weighted by atomic mass is 16.1. The highest BCUT2D eigenvalue weighted by molar-refractivity contribution is 5.82. The number of carbonyl (C=O) groups is 2. The predicted molar refractivity (Wildman–Crippen MR) is 111 cm³/mol. The van der Waals surface area contributed by atoms with Gasteiger partial charge in [0.05, 0.1) is 5.41 Å². The van der Waals surface area contributed by atoms with Crippen molar-refractivity contribution in [1.82, 2.24) is 0 Å². The van der Waals surface area contributed by atoms with Crippen LogP contribution in [0.5, 0.6) is 0 Å². The van der Waals surface area contributed by atoms with Gasteiger partial charge in [0.2, 0.25) is 11.8 Å². The number of nitrogens with two attached hydrogens (primary N) is 2. The van der Waals surface area contributed by atoms with Crippen molar-refractivity contribution in [2.75, 3.05) is 0 Å². The Bertz CT molecular complexity index is 391. The molecule has 4 heteroatoms. The monoisotopic (exact) mass is 368 g/mol. The van der Waals surface area contributed by atoms with Gasteiger partial charge in [-0.15, -0.1) is 0 Å². The Hall–Kier alpha value is -1.06. The van der Waals surface area contributed by atoms with Gasteiger partial charge in [-0.1, -0.05) is 79.1 Å². The first kappa shape index (κ1) is 24.9. The molecule has 0 unspecified atom stereocenters. The van der Waals surface area contributed by atoms with Gasteiger partial charge >= 0.3 is 0 Å². The van der Waals surface area contributed by atoms with Crippen LogP contribution in [-0.4, -0.2) is 11.8 Å². The zero-order chi connectivity index (χ0) is 20.1. The maximum Gasteiger partial charge on any atom is 0.224 e. The Labute approximate surface area is 161 Å². The van der Waals surface area contributed by atoms with E-state index in [9.17, 15) is 9.59 Å². The fraction of sp³-hybridized carbons (Fsp3) is 0.909. The standard InChI is InChI=1S/C22H44N2O2/c1-5-9-14-21(15-10-6-2,18-13-19(23)25)22(20(24)26,16-11-7-3)17-12-8-4/h5-18H2,1-4H3,(H2,23,25)(H2,24,26). The first-order valence-corrected chi connectivity index (χ1v) is 10.9. The molecule has 154 valence electrons. The summed E-state index contributed by atoms with van der Waals surface area (Å²) in [5.41, 5.74) is 10.9. The number of amides is 2. The Morgan fingerprint density at radius 2 is 1.04 bits per heavy atom. The van der Waals surface area contributed by atoms with E-state index in [4.69, 9.17) is 11.5 Å². The van der Waals surface area contributed by atoms with Crippen LogP contribution in [0.2, 0.25) is 0 Å². The molecule has 0 heterocycles. The van der Waals surface area contributed by atoms with Crippen LogP contribution in [0.4, 0.5) is 0 Å². The molecule has 0 aromatic rings. The van der Waals surface area contributed by atoms with E-state index < -0.39 is 5.41 Å². The number of primary amides is 2. The van der Waals surface area contributed by atoms with Crippen molar-refractivity contribution in [3.63, 3.8) is 0 Å². The van der Waals surface area contributed by atoms with Gasteiger partial charge in [0.1, 0.15) is 0 Å². The van der Waals surface area contributed by atoms with E-state index in [1.54, 1.807) is 0 Å². The second-order valence-corrected chi connectivity index (χ2v) is 8.11. The summed E-state index contributed by atoms with van der Waals surface area (Å²) in [6.45, 7) is 8.69. The molecule has 0 radical (unpaired) electrons. The van der Waals surface area contributed by atoms with E-state index in [1.165, 1.54) is 0 Å². The summed E-state index contributed by atoms with van der Waals surface area (Å²) in [4.78, 5) is 24.6. The van der Waals surface area contributed by atoms with Gasteiger partial charge < -0.3 is 11.5 Å². The molecule has 0 aliphatic heterocycles. The van der Waals surface area contributed by atoms with Crippen molar-refractivity contribution in [2.45, 2.75) is 118 Å². The van der Waals surface area contributed by atoms with Crippen molar-refractivity contribution < 1.29 is 9.59 Å². The fourth-order valence-electron chi connectivity index (χ4n) is 4.61. The molecule has 26 heavy (non-hydrogen) atoms. The lowest BCUT2D eigenvalue weighted by Crippen LogP contribution is -2.51. The van der Waals surface area contributed by atoms with Crippen molar-refractivity contribution >= 4 is 11.8 Å². The molecule has 0 fully saturated rings. The quantitative estimate of drug-likeness (QED) is 0.356. The second-order valence-electron chi connectivity index (χ2n) is 8.11. The molecule has 0 aromatic heterocycles. The Morgan fingerprint density at radius 3 is 1.35 bits per heavy atom. The zero-order valence-electron chi connectivity index (χ0n) is 17.9. The summed E-state index contributed by atoms with van der Waals surface area (Å²) in [6.07, 6.45) is 13.1. The average molecular weight is 369 g/mol. The van der Waals surface area contributed by atoms with Crippen LogP contribution in [0.15, 0.2) is 0 Å². The third-order valence-corrected chi connectivity index (χ3v) is 6.27. The van der Waals surface area contributed by atoms with Gasteiger partial charge in [-0.3, -0.25) is 9.59 Å². The molecule has 0 bridgehead atoms. The molecule has 0 aliphatic carbocycles. The molecule has 0 saturated carbocycles. The largest absolute Gasteiger partial charge is 0.370 e. The van der Waals surface area contributed by atoms with Crippen LogP contribution >= 0.6 is 0 Å². The first-order valence-electron chi connectivity index (χ1n) is 10.9. The van der Waals surface area contributed by atoms with Crippen LogP contribution in [0.3, 0.4) is 0 Å². The highest BCUT2D eigenvalue weighted by Gasteiger charge is 2.52.